The van der Waals surface area contributed by atoms with Crippen molar-refractivity contribution in [1.29, 1.82) is 0 Å². The highest BCUT2D eigenvalue weighted by molar-refractivity contribution is 6.33. The highest BCUT2D eigenvalue weighted by atomic mass is 35.5. The number of aliphatic hydroxyl groups is 1. The number of alkyl halides is 3. The number of carbonyl (C=O) groups is 1. The van der Waals surface area contributed by atoms with Crippen LogP contribution in [0, 0.1) is 0 Å². The Bertz CT molecular complexity index is 889. The highest BCUT2D eigenvalue weighted by Crippen LogP contribution is 2.41. The molecule has 27 heavy (non-hydrogen) atoms. The molecule has 3 rings (SSSR count). The van der Waals surface area contributed by atoms with E-state index in [1.807, 2.05) is 0 Å². The molecule has 0 spiro atoms. The minimum absolute atomic E-state index is 0.00803. The first kappa shape index (κ1) is 19.4. The number of carbonyl (C=O) groups excluding carboxylic acids is 1. The van der Waals surface area contributed by atoms with Crippen molar-refractivity contribution in [2.75, 3.05) is 23.3 Å². The first-order valence-corrected chi connectivity index (χ1v) is 8.12. The number of nitrogens with zero attached hydrogens (tertiary/aromatic N) is 2. The first-order chi connectivity index (χ1) is 12.6. The maximum atomic E-state index is 13.0. The summed E-state index contributed by atoms with van der Waals surface area (Å²) in [5, 5.41) is 27.5. The Morgan fingerprint density at radius 2 is 1.93 bits per heavy atom. The van der Waals surface area contributed by atoms with Crippen molar-refractivity contribution in [2.45, 2.75) is 12.1 Å². The molecule has 0 aliphatic carbocycles. The summed E-state index contributed by atoms with van der Waals surface area (Å²) in [5.41, 5.74) is -0.699. The van der Waals surface area contributed by atoms with Gasteiger partial charge in [0.25, 0.3) is 5.91 Å². The smallest absolute Gasteiger partial charge is 0.396 e. The number of aliphatic hydroxyl groups excluding tert-OH is 1. The lowest BCUT2D eigenvalue weighted by Crippen LogP contribution is -2.30. The van der Waals surface area contributed by atoms with E-state index in [9.17, 15) is 23.1 Å². The van der Waals surface area contributed by atoms with Gasteiger partial charge in [-0.1, -0.05) is 17.7 Å². The molecule has 3 N–H and O–H groups in total. The van der Waals surface area contributed by atoms with Gasteiger partial charge in [0.05, 0.1) is 17.2 Å². The molecule has 1 atom stereocenters. The fraction of sp³-hybridized carbons (Fsp3) is 0.235. The molecule has 1 aliphatic heterocycles. The van der Waals surface area contributed by atoms with Crippen LogP contribution in [-0.2, 0) is 6.18 Å². The topological polar surface area (TPSA) is 84.2 Å². The van der Waals surface area contributed by atoms with Crippen LogP contribution in [0.2, 0.25) is 5.02 Å². The monoisotopic (exact) mass is 402 g/mol. The number of hydrogen-bond donors (Lipinski definition) is 3. The normalized spacial score (nSPS) is 16.4. The molecular weight excluding hydrogens is 389 g/mol. The quantitative estimate of drug-likeness (QED) is 0.682. The summed E-state index contributed by atoms with van der Waals surface area (Å²) >= 11 is 5.81. The van der Waals surface area contributed by atoms with Crippen molar-refractivity contribution in [3.63, 3.8) is 0 Å². The minimum atomic E-state index is -4.58. The van der Waals surface area contributed by atoms with Crippen molar-refractivity contribution in [3.8, 4) is 0 Å². The largest absolute Gasteiger partial charge is 0.416 e. The summed E-state index contributed by atoms with van der Waals surface area (Å²) < 4.78 is 39.1. The van der Waals surface area contributed by atoms with E-state index in [4.69, 9.17) is 22.0 Å². The zero-order chi connectivity index (χ0) is 19.9. The Morgan fingerprint density at radius 3 is 2.52 bits per heavy atom. The maximum Gasteiger partial charge on any atom is 0.416 e. The molecule has 6 nitrogen and oxygen atoms in total. The Labute approximate surface area is 156 Å². The van der Waals surface area contributed by atoms with Crippen LogP contribution in [0.5, 0.6) is 0 Å². The summed E-state index contributed by atoms with van der Waals surface area (Å²) in [6.45, 7) is -0.346. The molecule has 0 radical (unpaired) electrons. The summed E-state index contributed by atoms with van der Waals surface area (Å²) in [7, 11) is 0. The predicted octanol–water partition coefficient (Wildman–Crippen LogP) is 3.68. The third-order valence-electron chi connectivity index (χ3n) is 4.37. The summed E-state index contributed by atoms with van der Waals surface area (Å²) in [6, 6.07) is 6.70. The molecule has 0 aromatic heterocycles. The van der Waals surface area contributed by atoms with Crippen LogP contribution in [0.15, 0.2) is 36.4 Å². The van der Waals surface area contributed by atoms with Gasteiger partial charge in [-0.05, 0) is 35.9 Å². The van der Waals surface area contributed by atoms with Gasteiger partial charge in [0.1, 0.15) is 5.69 Å². The predicted molar refractivity (Wildman–Crippen MR) is 90.5 cm³/mol. The lowest BCUT2D eigenvalue weighted by atomic mass is 10.0. The zero-order valence-electron chi connectivity index (χ0n) is 13.6. The average Bonchev–Trinajstić information content (AvgIpc) is 2.98. The fourth-order valence-electron chi connectivity index (χ4n) is 3.02. The van der Waals surface area contributed by atoms with Crippen molar-refractivity contribution >= 4 is 28.9 Å². The summed E-state index contributed by atoms with van der Waals surface area (Å²) in [5.74, 6) is -1.18. The molecule has 1 amide bonds. The van der Waals surface area contributed by atoms with Crippen LogP contribution in [0.25, 0.3) is 0 Å². The first-order valence-electron chi connectivity index (χ1n) is 7.74. The van der Waals surface area contributed by atoms with Gasteiger partial charge in [0.2, 0.25) is 0 Å². The van der Waals surface area contributed by atoms with Crippen LogP contribution in [0.3, 0.4) is 0 Å². The summed E-state index contributed by atoms with van der Waals surface area (Å²) in [4.78, 5) is 14.0. The maximum absolute atomic E-state index is 13.0. The fourth-order valence-corrected chi connectivity index (χ4v) is 3.21. The van der Waals surface area contributed by atoms with E-state index in [0.29, 0.717) is 5.56 Å². The van der Waals surface area contributed by atoms with E-state index < -0.39 is 23.6 Å². The molecule has 2 aromatic carbocycles. The Balaban J connectivity index is 2.04. The van der Waals surface area contributed by atoms with Crippen molar-refractivity contribution < 1.29 is 33.5 Å². The van der Waals surface area contributed by atoms with E-state index in [1.54, 1.807) is 0 Å². The van der Waals surface area contributed by atoms with Crippen LogP contribution in [0.4, 0.5) is 24.5 Å². The molecular formula is C17H14ClF3N2O4. The van der Waals surface area contributed by atoms with E-state index in [2.05, 4.69) is 0 Å². The second-order valence-corrected chi connectivity index (χ2v) is 6.43. The Hall–Kier alpha value is -2.33. The molecule has 0 fully saturated rings. The molecule has 10 heteroatoms. The lowest BCUT2D eigenvalue weighted by Gasteiger charge is -2.20. The number of benzene rings is 2. The van der Waals surface area contributed by atoms with Crippen LogP contribution >= 0.6 is 11.6 Å². The second-order valence-electron chi connectivity index (χ2n) is 6.02. The van der Waals surface area contributed by atoms with Crippen LogP contribution < -0.4 is 10.1 Å². The molecule has 1 unspecified atom stereocenters. The average molecular weight is 403 g/mol. The molecule has 144 valence electrons. The number of fused-ring (bicyclic) bond motifs is 1. The molecule has 1 heterocycles. The van der Waals surface area contributed by atoms with Gasteiger partial charge in [0.15, 0.2) is 0 Å². The van der Waals surface area contributed by atoms with Gasteiger partial charge < -0.3 is 10.0 Å². The molecule has 0 saturated heterocycles. The Morgan fingerprint density at radius 1 is 1.22 bits per heavy atom. The van der Waals surface area contributed by atoms with Crippen LogP contribution in [0.1, 0.15) is 27.4 Å². The van der Waals surface area contributed by atoms with Crippen LogP contribution in [-0.4, -0.2) is 34.6 Å². The molecule has 2 aromatic rings. The van der Waals surface area contributed by atoms with Gasteiger partial charge in [0, 0.05) is 23.7 Å². The molecule has 1 aliphatic rings. The van der Waals surface area contributed by atoms with E-state index in [-0.39, 0.29) is 40.3 Å². The zero-order valence-corrected chi connectivity index (χ0v) is 14.4. The second kappa shape index (κ2) is 7.01. The highest BCUT2D eigenvalue weighted by Gasteiger charge is 2.37. The van der Waals surface area contributed by atoms with Crippen molar-refractivity contribution in [1.82, 2.24) is 0 Å². The van der Waals surface area contributed by atoms with E-state index in [1.165, 1.54) is 18.2 Å². The Kier molecular flexibility index (Phi) is 5.04. The van der Waals surface area contributed by atoms with Crippen molar-refractivity contribution in [2.24, 2.45) is 0 Å². The van der Waals surface area contributed by atoms with E-state index >= 15 is 0 Å². The molecule has 0 saturated carbocycles. The standard InChI is InChI=1S/C17H14ClF3N2O4/c18-13-4-1-9(5-15(13)23(26)27)16(25)22-7-10(8-24)12-3-2-11(6-14(12)22)17(19,20)21/h1-6,10,24,26-27H,7-8H2. The number of halogens is 4. The van der Waals surface area contributed by atoms with Gasteiger partial charge in [-0.2, -0.15) is 13.2 Å². The van der Waals surface area contributed by atoms with Gasteiger partial charge >= 0.3 is 6.18 Å². The number of amides is 1. The number of hydrogen-bond acceptors (Lipinski definition) is 5. The van der Waals surface area contributed by atoms with Gasteiger partial charge in [-0.25, -0.2) is 0 Å². The summed E-state index contributed by atoms with van der Waals surface area (Å²) in [6.07, 6.45) is -4.58. The number of rotatable bonds is 3. The van der Waals surface area contributed by atoms with Gasteiger partial charge in [-0.3, -0.25) is 15.2 Å². The molecule has 0 bridgehead atoms. The van der Waals surface area contributed by atoms with Gasteiger partial charge in [-0.15, -0.1) is 5.23 Å². The SMILES string of the molecule is O=C(c1ccc(Cl)c(N(O)O)c1)N1CC(CO)c2ccc(C(F)(F)F)cc21. The van der Waals surface area contributed by atoms with Crippen molar-refractivity contribution in [3.05, 3.63) is 58.1 Å². The van der Waals surface area contributed by atoms with E-state index in [0.717, 1.165) is 23.1 Å². The lowest BCUT2D eigenvalue weighted by molar-refractivity contribution is -0.137. The number of anilines is 2. The third-order valence-corrected chi connectivity index (χ3v) is 4.69. The minimum Gasteiger partial charge on any atom is -0.396 e. The third kappa shape index (κ3) is 3.59.